The molecule has 0 fully saturated rings. The Labute approximate surface area is 114 Å². The molecule has 0 saturated heterocycles. The molecule has 0 aliphatic carbocycles. The van der Waals surface area contributed by atoms with Crippen LogP contribution in [-0.2, 0) is 4.79 Å². The molecule has 0 bridgehead atoms. The number of benzene rings is 1. The minimum absolute atomic E-state index is 0.0586. The zero-order valence-corrected chi connectivity index (χ0v) is 11.9. The average molecular weight is 266 g/mol. The van der Waals surface area contributed by atoms with Crippen LogP contribution < -0.4 is 11.1 Å². The highest BCUT2D eigenvalue weighted by atomic mass is 19.1. The molecule has 3 nitrogen and oxygen atoms in total. The van der Waals surface area contributed by atoms with E-state index >= 15 is 0 Å². The monoisotopic (exact) mass is 266 g/mol. The number of hydrogen-bond acceptors (Lipinski definition) is 2. The first-order chi connectivity index (χ1) is 8.99. The van der Waals surface area contributed by atoms with Crippen molar-refractivity contribution in [3.8, 4) is 0 Å². The van der Waals surface area contributed by atoms with Gasteiger partial charge in [0.1, 0.15) is 5.82 Å². The summed E-state index contributed by atoms with van der Waals surface area (Å²) >= 11 is 0. The Morgan fingerprint density at radius 2 is 2.05 bits per heavy atom. The second kappa shape index (κ2) is 6.66. The summed E-state index contributed by atoms with van der Waals surface area (Å²) in [5, 5.41) is 2.93. The number of amides is 1. The van der Waals surface area contributed by atoms with E-state index in [9.17, 15) is 9.18 Å². The second-order valence-electron chi connectivity index (χ2n) is 4.94. The summed E-state index contributed by atoms with van der Waals surface area (Å²) in [7, 11) is 0. The Bertz CT molecular complexity index is 422. The Hall–Kier alpha value is -1.42. The molecular formula is C15H23FN2O. The molecule has 0 spiro atoms. The maximum atomic E-state index is 13.2. The molecule has 1 aromatic rings. The van der Waals surface area contributed by atoms with Crippen molar-refractivity contribution in [2.45, 2.75) is 39.7 Å². The molecule has 0 saturated carbocycles. The van der Waals surface area contributed by atoms with Gasteiger partial charge in [0.25, 0.3) is 0 Å². The Kier molecular flexibility index (Phi) is 5.48. The standard InChI is InChI=1S/C15H23FN2O/c1-4-15(5-2,10-17)14(19)18-11(3)12-7-6-8-13(16)9-12/h6-9,11H,4-5,10,17H2,1-3H3,(H,18,19)/t11-/m0/s1. The molecule has 1 amide bonds. The lowest BCUT2D eigenvalue weighted by Crippen LogP contribution is -2.46. The van der Waals surface area contributed by atoms with Crippen molar-refractivity contribution in [3.05, 3.63) is 35.6 Å². The molecule has 0 aliphatic rings. The number of nitrogens with two attached hydrogens (primary N) is 1. The van der Waals surface area contributed by atoms with Gasteiger partial charge in [0.15, 0.2) is 0 Å². The largest absolute Gasteiger partial charge is 0.349 e. The predicted molar refractivity (Wildman–Crippen MR) is 75.0 cm³/mol. The van der Waals surface area contributed by atoms with E-state index in [0.717, 1.165) is 5.56 Å². The van der Waals surface area contributed by atoms with Gasteiger partial charge >= 0.3 is 0 Å². The fraction of sp³-hybridized carbons (Fsp3) is 0.533. The maximum absolute atomic E-state index is 13.2. The van der Waals surface area contributed by atoms with Crippen LogP contribution in [0.1, 0.15) is 45.2 Å². The summed E-state index contributed by atoms with van der Waals surface area (Å²) in [6.07, 6.45) is 1.39. The summed E-state index contributed by atoms with van der Waals surface area (Å²) in [4.78, 5) is 12.3. The first-order valence-corrected chi connectivity index (χ1v) is 6.75. The van der Waals surface area contributed by atoms with Crippen LogP contribution in [0.15, 0.2) is 24.3 Å². The van der Waals surface area contributed by atoms with Crippen molar-refractivity contribution in [3.63, 3.8) is 0 Å². The first kappa shape index (κ1) is 15.6. The molecule has 4 heteroatoms. The lowest BCUT2D eigenvalue weighted by Gasteiger charge is -2.30. The molecule has 19 heavy (non-hydrogen) atoms. The predicted octanol–water partition coefficient (Wildman–Crippen LogP) is 2.77. The quantitative estimate of drug-likeness (QED) is 0.832. The van der Waals surface area contributed by atoms with Gasteiger partial charge in [0.05, 0.1) is 11.5 Å². The lowest BCUT2D eigenvalue weighted by molar-refractivity contribution is -0.131. The van der Waals surface area contributed by atoms with Crippen LogP contribution in [0.3, 0.4) is 0 Å². The third-order valence-corrected chi connectivity index (χ3v) is 3.92. The van der Waals surface area contributed by atoms with Crippen molar-refractivity contribution in [2.75, 3.05) is 6.54 Å². The number of rotatable bonds is 6. The van der Waals surface area contributed by atoms with E-state index in [1.807, 2.05) is 20.8 Å². The first-order valence-electron chi connectivity index (χ1n) is 6.75. The lowest BCUT2D eigenvalue weighted by atomic mass is 9.81. The Morgan fingerprint density at radius 3 is 2.53 bits per heavy atom. The van der Waals surface area contributed by atoms with Gasteiger partial charge in [-0.1, -0.05) is 26.0 Å². The summed E-state index contributed by atoms with van der Waals surface area (Å²) in [5.74, 6) is -0.355. The van der Waals surface area contributed by atoms with E-state index in [1.54, 1.807) is 12.1 Å². The minimum Gasteiger partial charge on any atom is -0.349 e. The van der Waals surface area contributed by atoms with Crippen LogP contribution in [0.25, 0.3) is 0 Å². The van der Waals surface area contributed by atoms with E-state index < -0.39 is 5.41 Å². The van der Waals surface area contributed by atoms with Crippen molar-refractivity contribution in [1.82, 2.24) is 5.32 Å². The van der Waals surface area contributed by atoms with Crippen LogP contribution >= 0.6 is 0 Å². The number of hydrogen-bond donors (Lipinski definition) is 2. The zero-order chi connectivity index (χ0) is 14.5. The van der Waals surface area contributed by atoms with Crippen molar-refractivity contribution in [2.24, 2.45) is 11.1 Å². The fourth-order valence-electron chi connectivity index (χ4n) is 2.16. The number of carbonyl (C=O) groups excluding carboxylic acids is 1. The SMILES string of the molecule is CCC(CC)(CN)C(=O)N[C@@H](C)c1cccc(F)c1. The topological polar surface area (TPSA) is 55.1 Å². The number of halogens is 1. The minimum atomic E-state index is -0.526. The molecule has 1 atom stereocenters. The molecule has 106 valence electrons. The molecular weight excluding hydrogens is 243 g/mol. The molecule has 3 N–H and O–H groups in total. The van der Waals surface area contributed by atoms with Gasteiger partial charge < -0.3 is 11.1 Å². The molecule has 1 aromatic carbocycles. The van der Waals surface area contributed by atoms with Crippen LogP contribution in [0, 0.1) is 11.2 Å². The second-order valence-corrected chi connectivity index (χ2v) is 4.94. The van der Waals surface area contributed by atoms with Crippen molar-refractivity contribution < 1.29 is 9.18 Å². The van der Waals surface area contributed by atoms with Gasteiger partial charge in [-0.3, -0.25) is 4.79 Å². The maximum Gasteiger partial charge on any atom is 0.227 e. The van der Waals surface area contributed by atoms with Crippen LogP contribution in [0.4, 0.5) is 4.39 Å². The number of carbonyl (C=O) groups is 1. The fourth-order valence-corrected chi connectivity index (χ4v) is 2.16. The third kappa shape index (κ3) is 3.53. The van der Waals surface area contributed by atoms with Crippen LogP contribution in [-0.4, -0.2) is 12.5 Å². The summed E-state index contributed by atoms with van der Waals surface area (Å²) in [5.41, 5.74) is 5.98. The zero-order valence-electron chi connectivity index (χ0n) is 11.9. The van der Waals surface area contributed by atoms with Crippen molar-refractivity contribution >= 4 is 5.91 Å². The van der Waals surface area contributed by atoms with Crippen LogP contribution in [0.5, 0.6) is 0 Å². The molecule has 0 unspecified atom stereocenters. The normalized spacial score (nSPS) is 13.1. The molecule has 1 rings (SSSR count). The van der Waals surface area contributed by atoms with E-state index in [1.165, 1.54) is 12.1 Å². The summed E-state index contributed by atoms with van der Waals surface area (Å²) in [6, 6.07) is 6.04. The Morgan fingerprint density at radius 1 is 1.42 bits per heavy atom. The highest BCUT2D eigenvalue weighted by molar-refractivity contribution is 5.83. The number of nitrogens with one attached hydrogen (secondary N) is 1. The van der Waals surface area contributed by atoms with E-state index in [0.29, 0.717) is 19.4 Å². The van der Waals surface area contributed by atoms with E-state index in [-0.39, 0.29) is 17.8 Å². The summed E-state index contributed by atoms with van der Waals surface area (Å²) in [6.45, 7) is 6.09. The molecule has 0 radical (unpaired) electrons. The smallest absolute Gasteiger partial charge is 0.227 e. The van der Waals surface area contributed by atoms with Gasteiger partial charge in [0.2, 0.25) is 5.91 Å². The van der Waals surface area contributed by atoms with E-state index in [2.05, 4.69) is 5.32 Å². The van der Waals surface area contributed by atoms with Crippen molar-refractivity contribution in [1.29, 1.82) is 0 Å². The van der Waals surface area contributed by atoms with E-state index in [4.69, 9.17) is 5.73 Å². The summed E-state index contributed by atoms with van der Waals surface area (Å²) < 4.78 is 13.2. The Balaban J connectivity index is 2.81. The van der Waals surface area contributed by atoms with Gasteiger partial charge in [-0.15, -0.1) is 0 Å². The molecule has 0 aromatic heterocycles. The highest BCUT2D eigenvalue weighted by Gasteiger charge is 2.33. The molecule has 0 aliphatic heterocycles. The average Bonchev–Trinajstić information content (AvgIpc) is 2.41. The highest BCUT2D eigenvalue weighted by Crippen LogP contribution is 2.26. The molecule has 0 heterocycles. The van der Waals surface area contributed by atoms with Crippen LogP contribution in [0.2, 0.25) is 0 Å². The van der Waals surface area contributed by atoms with Gasteiger partial charge in [-0.2, -0.15) is 0 Å². The van der Waals surface area contributed by atoms with Gasteiger partial charge in [0, 0.05) is 6.54 Å². The van der Waals surface area contributed by atoms with Gasteiger partial charge in [-0.05, 0) is 37.5 Å². The third-order valence-electron chi connectivity index (χ3n) is 3.92. The van der Waals surface area contributed by atoms with Gasteiger partial charge in [-0.25, -0.2) is 4.39 Å².